The highest BCUT2D eigenvalue weighted by Gasteiger charge is 2.36. The van der Waals surface area contributed by atoms with Crippen LogP contribution in [0.1, 0.15) is 31.7 Å². The highest BCUT2D eigenvalue weighted by atomic mass is 16.4. The number of pyridine rings is 1. The second-order valence-corrected chi connectivity index (χ2v) is 4.86. The SMILES string of the molecule is CCN(Cc1ccncc1)C1CCCC1C(=O)O. The van der Waals surface area contributed by atoms with Gasteiger partial charge in [0.15, 0.2) is 0 Å². The molecule has 0 amide bonds. The summed E-state index contributed by atoms with van der Waals surface area (Å²) in [6.07, 6.45) is 6.40. The molecule has 4 nitrogen and oxygen atoms in total. The summed E-state index contributed by atoms with van der Waals surface area (Å²) in [5, 5.41) is 9.26. The zero-order valence-electron chi connectivity index (χ0n) is 10.7. The second kappa shape index (κ2) is 5.96. The number of rotatable bonds is 5. The molecule has 1 N–H and O–H groups in total. The van der Waals surface area contributed by atoms with E-state index in [0.717, 1.165) is 32.4 Å². The molecule has 2 rings (SSSR count). The molecule has 98 valence electrons. The van der Waals surface area contributed by atoms with E-state index >= 15 is 0 Å². The van der Waals surface area contributed by atoms with Crippen molar-refractivity contribution in [1.29, 1.82) is 0 Å². The molecule has 0 saturated heterocycles. The summed E-state index contributed by atoms with van der Waals surface area (Å²) >= 11 is 0. The van der Waals surface area contributed by atoms with E-state index in [2.05, 4.69) is 16.8 Å². The Morgan fingerprint density at radius 2 is 2.17 bits per heavy atom. The zero-order valence-corrected chi connectivity index (χ0v) is 10.7. The topological polar surface area (TPSA) is 53.4 Å². The summed E-state index contributed by atoms with van der Waals surface area (Å²) in [5.41, 5.74) is 1.20. The number of aromatic nitrogens is 1. The molecular weight excluding hydrogens is 228 g/mol. The Labute approximate surface area is 108 Å². The molecule has 0 spiro atoms. The first kappa shape index (κ1) is 13.0. The Balaban J connectivity index is 2.06. The Morgan fingerprint density at radius 3 is 2.78 bits per heavy atom. The van der Waals surface area contributed by atoms with E-state index in [1.165, 1.54) is 5.56 Å². The predicted octanol–water partition coefficient (Wildman–Crippen LogP) is 2.16. The smallest absolute Gasteiger partial charge is 0.308 e. The normalized spacial score (nSPS) is 23.4. The molecule has 1 heterocycles. The Kier molecular flexibility index (Phi) is 4.31. The number of carboxylic acids is 1. The Morgan fingerprint density at radius 1 is 1.44 bits per heavy atom. The van der Waals surface area contributed by atoms with Crippen LogP contribution >= 0.6 is 0 Å². The van der Waals surface area contributed by atoms with Crippen molar-refractivity contribution in [3.63, 3.8) is 0 Å². The minimum absolute atomic E-state index is 0.181. The van der Waals surface area contributed by atoms with Crippen molar-refractivity contribution in [1.82, 2.24) is 9.88 Å². The first-order valence-electron chi connectivity index (χ1n) is 6.58. The fourth-order valence-corrected chi connectivity index (χ4v) is 2.85. The summed E-state index contributed by atoms with van der Waals surface area (Å²) < 4.78 is 0. The average Bonchev–Trinajstić information content (AvgIpc) is 2.86. The van der Waals surface area contributed by atoms with Crippen molar-refractivity contribution in [3.8, 4) is 0 Å². The fraction of sp³-hybridized carbons (Fsp3) is 0.571. The number of nitrogens with zero attached hydrogens (tertiary/aromatic N) is 2. The van der Waals surface area contributed by atoms with Crippen LogP contribution in [0.15, 0.2) is 24.5 Å². The first-order chi connectivity index (χ1) is 8.72. The van der Waals surface area contributed by atoms with Gasteiger partial charge in [-0.3, -0.25) is 14.7 Å². The van der Waals surface area contributed by atoms with Crippen molar-refractivity contribution in [2.24, 2.45) is 5.92 Å². The molecule has 2 unspecified atom stereocenters. The Bertz CT molecular complexity index is 394. The molecular formula is C14H20N2O2. The van der Waals surface area contributed by atoms with Crippen LogP contribution in [0.25, 0.3) is 0 Å². The van der Waals surface area contributed by atoms with Gasteiger partial charge in [-0.05, 0) is 37.1 Å². The van der Waals surface area contributed by atoms with Gasteiger partial charge in [0.05, 0.1) is 5.92 Å². The van der Waals surface area contributed by atoms with Crippen LogP contribution < -0.4 is 0 Å². The molecule has 1 aliphatic carbocycles. The van der Waals surface area contributed by atoms with E-state index < -0.39 is 5.97 Å². The lowest BCUT2D eigenvalue weighted by Crippen LogP contribution is -2.40. The van der Waals surface area contributed by atoms with Gasteiger partial charge in [-0.25, -0.2) is 0 Å². The van der Waals surface area contributed by atoms with Gasteiger partial charge in [-0.1, -0.05) is 13.3 Å². The Hall–Kier alpha value is -1.42. The standard InChI is InChI=1S/C14H20N2O2/c1-2-16(10-11-6-8-15-9-7-11)13-5-3-4-12(13)14(17)18/h6-9,12-13H,2-5,10H2,1H3,(H,17,18). The molecule has 1 aromatic heterocycles. The van der Waals surface area contributed by atoms with Crippen LogP contribution in [0.2, 0.25) is 0 Å². The lowest BCUT2D eigenvalue weighted by Gasteiger charge is -2.30. The van der Waals surface area contributed by atoms with Gasteiger partial charge in [0.2, 0.25) is 0 Å². The lowest BCUT2D eigenvalue weighted by molar-refractivity contribution is -0.143. The van der Waals surface area contributed by atoms with Gasteiger partial charge < -0.3 is 5.11 Å². The minimum atomic E-state index is -0.648. The third-order valence-corrected chi connectivity index (χ3v) is 3.81. The third kappa shape index (κ3) is 2.88. The van der Waals surface area contributed by atoms with Crippen LogP contribution in [-0.4, -0.2) is 33.5 Å². The summed E-state index contributed by atoms with van der Waals surface area (Å²) in [6.45, 7) is 3.79. The summed E-state index contributed by atoms with van der Waals surface area (Å²) in [5.74, 6) is -0.850. The molecule has 18 heavy (non-hydrogen) atoms. The molecule has 1 fully saturated rings. The number of carboxylic acid groups (broad SMARTS) is 1. The lowest BCUT2D eigenvalue weighted by atomic mass is 10.0. The molecule has 0 aromatic carbocycles. The van der Waals surface area contributed by atoms with Gasteiger partial charge >= 0.3 is 5.97 Å². The molecule has 1 saturated carbocycles. The number of carbonyl (C=O) groups is 1. The predicted molar refractivity (Wildman–Crippen MR) is 69.1 cm³/mol. The van der Waals surface area contributed by atoms with Crippen LogP contribution in [0, 0.1) is 5.92 Å². The maximum atomic E-state index is 11.2. The van der Waals surface area contributed by atoms with Crippen LogP contribution in [0.5, 0.6) is 0 Å². The largest absolute Gasteiger partial charge is 0.481 e. The quantitative estimate of drug-likeness (QED) is 0.867. The van der Waals surface area contributed by atoms with E-state index in [9.17, 15) is 9.90 Å². The van der Waals surface area contributed by atoms with Crippen molar-refractivity contribution in [2.45, 2.75) is 38.8 Å². The van der Waals surface area contributed by atoms with E-state index in [0.29, 0.717) is 0 Å². The molecule has 0 bridgehead atoms. The highest BCUT2D eigenvalue weighted by molar-refractivity contribution is 5.71. The van der Waals surface area contributed by atoms with E-state index in [1.54, 1.807) is 12.4 Å². The van der Waals surface area contributed by atoms with Crippen molar-refractivity contribution >= 4 is 5.97 Å². The molecule has 0 radical (unpaired) electrons. The highest BCUT2D eigenvalue weighted by Crippen LogP contribution is 2.31. The van der Waals surface area contributed by atoms with Gasteiger partial charge in [0, 0.05) is 25.0 Å². The van der Waals surface area contributed by atoms with Gasteiger partial charge in [-0.15, -0.1) is 0 Å². The maximum Gasteiger partial charge on any atom is 0.308 e. The van der Waals surface area contributed by atoms with E-state index in [-0.39, 0.29) is 12.0 Å². The molecule has 0 aliphatic heterocycles. The van der Waals surface area contributed by atoms with Crippen LogP contribution in [0.4, 0.5) is 0 Å². The number of hydrogen-bond acceptors (Lipinski definition) is 3. The minimum Gasteiger partial charge on any atom is -0.481 e. The first-order valence-corrected chi connectivity index (χ1v) is 6.58. The van der Waals surface area contributed by atoms with Gasteiger partial charge in [0.1, 0.15) is 0 Å². The van der Waals surface area contributed by atoms with E-state index in [1.807, 2.05) is 12.1 Å². The summed E-state index contributed by atoms with van der Waals surface area (Å²) in [7, 11) is 0. The van der Waals surface area contributed by atoms with Crippen LogP contribution in [0.3, 0.4) is 0 Å². The van der Waals surface area contributed by atoms with Gasteiger partial charge in [0.25, 0.3) is 0 Å². The summed E-state index contributed by atoms with van der Waals surface area (Å²) in [4.78, 5) is 17.5. The number of hydrogen-bond donors (Lipinski definition) is 1. The second-order valence-electron chi connectivity index (χ2n) is 4.86. The molecule has 4 heteroatoms. The van der Waals surface area contributed by atoms with Gasteiger partial charge in [-0.2, -0.15) is 0 Å². The fourth-order valence-electron chi connectivity index (χ4n) is 2.85. The van der Waals surface area contributed by atoms with Crippen LogP contribution in [-0.2, 0) is 11.3 Å². The number of aliphatic carboxylic acids is 1. The van der Waals surface area contributed by atoms with Crippen molar-refractivity contribution in [2.75, 3.05) is 6.54 Å². The summed E-state index contributed by atoms with van der Waals surface area (Å²) in [6, 6.07) is 4.17. The monoisotopic (exact) mass is 248 g/mol. The van der Waals surface area contributed by atoms with Crippen molar-refractivity contribution in [3.05, 3.63) is 30.1 Å². The molecule has 2 atom stereocenters. The average molecular weight is 248 g/mol. The zero-order chi connectivity index (χ0) is 13.0. The third-order valence-electron chi connectivity index (χ3n) is 3.81. The molecule has 1 aromatic rings. The molecule has 1 aliphatic rings. The van der Waals surface area contributed by atoms with Crippen molar-refractivity contribution < 1.29 is 9.90 Å². The van der Waals surface area contributed by atoms with E-state index in [4.69, 9.17) is 0 Å². The maximum absolute atomic E-state index is 11.2.